The summed E-state index contributed by atoms with van der Waals surface area (Å²) in [5.41, 5.74) is 0.363. The normalized spacial score (nSPS) is 12.9. The Bertz CT molecular complexity index is 541. The molecule has 0 bridgehead atoms. The number of rotatable bonds is 7. The largest absolute Gasteiger partial charge is 0.395 e. The van der Waals surface area contributed by atoms with Crippen LogP contribution in [0.5, 0.6) is 0 Å². The van der Waals surface area contributed by atoms with Crippen LogP contribution in [0.25, 0.3) is 0 Å². The highest BCUT2D eigenvalue weighted by Gasteiger charge is 2.19. The van der Waals surface area contributed by atoms with Gasteiger partial charge in [-0.3, -0.25) is 4.79 Å². The molecule has 0 fully saturated rings. The summed E-state index contributed by atoms with van der Waals surface area (Å²) in [5.74, 6) is -0.297. The lowest BCUT2D eigenvalue weighted by molar-refractivity contribution is 0.0963. The molecule has 0 aliphatic heterocycles. The zero-order chi connectivity index (χ0) is 15.2. The van der Waals surface area contributed by atoms with E-state index in [1.54, 1.807) is 0 Å². The number of carbonyl (C=O) groups excluding carboxylic acids is 1. The van der Waals surface area contributed by atoms with Crippen molar-refractivity contribution in [3.05, 3.63) is 29.8 Å². The van der Waals surface area contributed by atoms with Gasteiger partial charge in [0.1, 0.15) is 0 Å². The fourth-order valence-corrected chi connectivity index (χ4v) is 2.75. The van der Waals surface area contributed by atoms with E-state index in [0.717, 1.165) is 0 Å². The van der Waals surface area contributed by atoms with E-state index in [-0.39, 0.29) is 24.0 Å². The van der Waals surface area contributed by atoms with Crippen molar-refractivity contribution in [1.29, 1.82) is 0 Å². The number of carbonyl (C=O) groups is 1. The number of ether oxygens (including phenoxy) is 1. The van der Waals surface area contributed by atoms with Gasteiger partial charge in [0.25, 0.3) is 5.91 Å². The van der Waals surface area contributed by atoms with Crippen LogP contribution in [-0.4, -0.2) is 52.8 Å². The second-order valence-electron chi connectivity index (χ2n) is 4.06. The van der Waals surface area contributed by atoms with Crippen LogP contribution >= 0.6 is 0 Å². The summed E-state index contributed by atoms with van der Waals surface area (Å²) in [5, 5.41) is 11.5. The van der Waals surface area contributed by atoms with Crippen molar-refractivity contribution in [2.24, 2.45) is 0 Å². The van der Waals surface area contributed by atoms with Crippen molar-refractivity contribution in [2.45, 2.75) is 10.9 Å². The molecule has 1 aromatic carbocycles. The Morgan fingerprint density at radius 1 is 1.35 bits per heavy atom. The molecule has 8 heteroatoms. The first-order valence-electron chi connectivity index (χ1n) is 5.89. The predicted molar refractivity (Wildman–Crippen MR) is 72.9 cm³/mol. The summed E-state index contributed by atoms with van der Waals surface area (Å²) in [7, 11) is -0.862. The summed E-state index contributed by atoms with van der Waals surface area (Å²) in [6.45, 7) is -0.310. The number of hydrogen-bond donors (Lipinski definition) is 3. The van der Waals surface area contributed by atoms with Gasteiger partial charge in [0.05, 0.1) is 24.2 Å². The van der Waals surface area contributed by atoms with Crippen molar-refractivity contribution in [2.75, 3.05) is 27.4 Å². The van der Waals surface area contributed by atoms with Crippen LogP contribution in [0.2, 0.25) is 0 Å². The number of nitrogens with one attached hydrogen (secondary N) is 2. The molecular weight excluding hydrogens is 284 g/mol. The number of hydrogen-bond acceptors (Lipinski definition) is 5. The lowest BCUT2D eigenvalue weighted by Crippen LogP contribution is -2.40. The van der Waals surface area contributed by atoms with Gasteiger partial charge < -0.3 is 15.2 Å². The zero-order valence-corrected chi connectivity index (χ0v) is 12.1. The zero-order valence-electron chi connectivity index (χ0n) is 11.3. The third-order valence-electron chi connectivity index (χ3n) is 2.56. The summed E-state index contributed by atoms with van der Waals surface area (Å²) < 4.78 is 31.2. The number of sulfonamides is 1. The molecule has 0 aliphatic carbocycles. The summed E-state index contributed by atoms with van der Waals surface area (Å²) in [4.78, 5) is 11.4. The molecule has 0 aromatic heterocycles. The molecule has 0 radical (unpaired) electrons. The Labute approximate surface area is 118 Å². The minimum absolute atomic E-state index is 0.0136. The number of aliphatic hydroxyl groups is 1. The Morgan fingerprint density at radius 2 is 1.95 bits per heavy atom. The molecule has 1 rings (SSSR count). The van der Waals surface area contributed by atoms with Gasteiger partial charge in [-0.15, -0.1) is 0 Å². The predicted octanol–water partition coefficient (Wildman–Crippen LogP) is -0.668. The van der Waals surface area contributed by atoms with Gasteiger partial charge in [-0.2, -0.15) is 0 Å². The minimum Gasteiger partial charge on any atom is -0.395 e. The van der Waals surface area contributed by atoms with E-state index in [1.165, 1.54) is 38.4 Å². The second-order valence-corrected chi connectivity index (χ2v) is 5.77. The monoisotopic (exact) mass is 302 g/mol. The molecule has 0 spiro atoms. The Morgan fingerprint density at radius 3 is 2.40 bits per heavy atom. The van der Waals surface area contributed by atoms with E-state index in [9.17, 15) is 13.2 Å². The molecule has 7 nitrogen and oxygen atoms in total. The lowest BCUT2D eigenvalue weighted by atomic mass is 10.2. The van der Waals surface area contributed by atoms with Crippen molar-refractivity contribution in [3.63, 3.8) is 0 Å². The maximum atomic E-state index is 12.0. The first kappa shape index (κ1) is 16.6. The van der Waals surface area contributed by atoms with Crippen LogP contribution in [0.1, 0.15) is 10.4 Å². The minimum atomic E-state index is -3.76. The summed E-state index contributed by atoms with van der Waals surface area (Å²) in [6.07, 6.45) is 0. The molecular formula is C12H18N2O5S. The number of amides is 1. The van der Waals surface area contributed by atoms with Crippen LogP contribution in [0.4, 0.5) is 0 Å². The molecule has 112 valence electrons. The van der Waals surface area contributed by atoms with Crippen LogP contribution in [0, 0.1) is 0 Å². The highest BCUT2D eigenvalue weighted by atomic mass is 32.2. The molecule has 20 heavy (non-hydrogen) atoms. The number of aliphatic hydroxyl groups excluding tert-OH is 1. The second kappa shape index (κ2) is 7.34. The Hall–Kier alpha value is -1.48. The smallest absolute Gasteiger partial charge is 0.251 e. The third-order valence-corrected chi connectivity index (χ3v) is 4.10. The van der Waals surface area contributed by atoms with E-state index >= 15 is 0 Å². The fourth-order valence-electron chi connectivity index (χ4n) is 1.54. The molecule has 3 N–H and O–H groups in total. The van der Waals surface area contributed by atoms with Gasteiger partial charge >= 0.3 is 0 Å². The van der Waals surface area contributed by atoms with Crippen LogP contribution < -0.4 is 10.0 Å². The van der Waals surface area contributed by atoms with Gasteiger partial charge in [-0.1, -0.05) is 0 Å². The van der Waals surface area contributed by atoms with E-state index in [2.05, 4.69) is 10.0 Å². The van der Waals surface area contributed by atoms with Gasteiger partial charge in [-0.25, -0.2) is 13.1 Å². The van der Waals surface area contributed by atoms with Crippen molar-refractivity contribution in [3.8, 4) is 0 Å². The van der Waals surface area contributed by atoms with Crippen molar-refractivity contribution in [1.82, 2.24) is 10.0 Å². The third kappa shape index (κ3) is 4.27. The van der Waals surface area contributed by atoms with Crippen molar-refractivity contribution < 1.29 is 23.1 Å². The topological polar surface area (TPSA) is 105 Å². The lowest BCUT2D eigenvalue weighted by Gasteiger charge is -2.15. The highest BCUT2D eigenvalue weighted by Crippen LogP contribution is 2.11. The summed E-state index contributed by atoms with van der Waals surface area (Å²) >= 11 is 0. The quantitative estimate of drug-likeness (QED) is 0.620. The van der Waals surface area contributed by atoms with Gasteiger partial charge in [-0.05, 0) is 24.3 Å². The van der Waals surface area contributed by atoms with Crippen molar-refractivity contribution >= 4 is 15.9 Å². The number of methoxy groups -OCH3 is 1. The van der Waals surface area contributed by atoms with E-state index in [1.807, 2.05) is 0 Å². The molecule has 1 atom stereocenters. The van der Waals surface area contributed by atoms with Crippen LogP contribution in [0.3, 0.4) is 0 Å². The first-order chi connectivity index (χ1) is 9.44. The summed E-state index contributed by atoms with van der Waals surface area (Å²) in [6, 6.07) is 4.76. The van der Waals surface area contributed by atoms with Gasteiger partial charge in [0.2, 0.25) is 10.0 Å². The van der Waals surface area contributed by atoms with Crippen LogP contribution in [-0.2, 0) is 14.8 Å². The Kier molecular flexibility index (Phi) is 6.08. The van der Waals surface area contributed by atoms with E-state index in [4.69, 9.17) is 9.84 Å². The number of benzene rings is 1. The Balaban J connectivity index is 2.90. The van der Waals surface area contributed by atoms with E-state index in [0.29, 0.717) is 5.56 Å². The fraction of sp³-hybridized carbons (Fsp3) is 0.417. The SMILES string of the molecule is CNC(=O)c1ccc(S(=O)(=O)NC(CO)COC)cc1. The molecule has 0 saturated carbocycles. The maximum Gasteiger partial charge on any atom is 0.251 e. The molecule has 0 heterocycles. The molecule has 0 saturated heterocycles. The average Bonchev–Trinajstić information content (AvgIpc) is 2.45. The average molecular weight is 302 g/mol. The highest BCUT2D eigenvalue weighted by molar-refractivity contribution is 7.89. The first-order valence-corrected chi connectivity index (χ1v) is 7.37. The molecule has 1 unspecified atom stereocenters. The molecule has 1 amide bonds. The molecule has 1 aromatic rings. The van der Waals surface area contributed by atoms with Gasteiger partial charge in [0.15, 0.2) is 0 Å². The maximum absolute atomic E-state index is 12.0. The molecule has 0 aliphatic rings. The standard InChI is InChI=1S/C12H18N2O5S/c1-13-12(16)9-3-5-11(6-4-9)20(17,18)14-10(7-15)8-19-2/h3-6,10,14-15H,7-8H2,1-2H3,(H,13,16). The van der Waals surface area contributed by atoms with Gasteiger partial charge in [0, 0.05) is 19.7 Å². The van der Waals surface area contributed by atoms with E-state index < -0.39 is 16.1 Å². The van der Waals surface area contributed by atoms with Crippen LogP contribution in [0.15, 0.2) is 29.2 Å².